The van der Waals surface area contributed by atoms with Gasteiger partial charge in [-0.1, -0.05) is 0 Å². The molecule has 5 heteroatoms. The van der Waals surface area contributed by atoms with Crippen LogP contribution in [0.1, 0.15) is 5.56 Å². The molecule has 0 saturated heterocycles. The van der Waals surface area contributed by atoms with Crippen molar-refractivity contribution < 1.29 is 13.9 Å². The second-order valence-electron chi connectivity index (χ2n) is 3.01. The summed E-state index contributed by atoms with van der Waals surface area (Å²) in [5.41, 5.74) is 0.0581. The first-order valence-corrected chi connectivity index (χ1v) is 4.04. The highest BCUT2D eigenvalue weighted by atomic mass is 19.1. The summed E-state index contributed by atoms with van der Waals surface area (Å²) in [6.07, 6.45) is 1.31. The molecule has 0 aliphatic rings. The summed E-state index contributed by atoms with van der Waals surface area (Å²) in [7, 11) is 1.60. The Morgan fingerprint density at radius 3 is 2.86 bits per heavy atom. The number of halogens is 2. The predicted molar refractivity (Wildman–Crippen MR) is 46.6 cm³/mol. The Balaban J connectivity index is 2.87. The van der Waals surface area contributed by atoms with Gasteiger partial charge in [0.1, 0.15) is 11.6 Å². The first-order chi connectivity index (χ1) is 6.65. The Morgan fingerprint density at radius 2 is 2.21 bits per heavy atom. The van der Waals surface area contributed by atoms with E-state index in [1.165, 1.54) is 10.9 Å². The quantitative estimate of drug-likeness (QED) is 0.750. The van der Waals surface area contributed by atoms with Crippen molar-refractivity contribution >= 4 is 10.9 Å². The molecule has 1 aromatic carbocycles. The maximum Gasteiger partial charge on any atom is 0.142 e. The van der Waals surface area contributed by atoms with Crippen LogP contribution in [0.25, 0.3) is 10.9 Å². The summed E-state index contributed by atoms with van der Waals surface area (Å²) < 4.78 is 28.1. The Labute approximate surface area is 78.6 Å². The lowest BCUT2D eigenvalue weighted by molar-refractivity contribution is 0.269. The summed E-state index contributed by atoms with van der Waals surface area (Å²) >= 11 is 0. The summed E-state index contributed by atoms with van der Waals surface area (Å²) in [5, 5.41) is 12.8. The molecule has 0 spiro atoms. The van der Waals surface area contributed by atoms with Crippen molar-refractivity contribution in [2.24, 2.45) is 7.05 Å². The molecule has 0 bridgehead atoms. The number of rotatable bonds is 1. The van der Waals surface area contributed by atoms with E-state index in [9.17, 15) is 8.78 Å². The fourth-order valence-corrected chi connectivity index (χ4v) is 1.41. The molecule has 74 valence electrons. The molecule has 0 unspecified atom stereocenters. The number of aliphatic hydroxyl groups is 1. The van der Waals surface area contributed by atoms with Crippen molar-refractivity contribution in [1.29, 1.82) is 0 Å². The fraction of sp³-hybridized carbons (Fsp3) is 0.222. The molecule has 0 amide bonds. The molecule has 0 aliphatic heterocycles. The number of hydrogen-bond donors (Lipinski definition) is 1. The molecule has 1 heterocycles. The number of benzene rings is 1. The predicted octanol–water partition coefficient (Wildman–Crippen LogP) is 1.34. The van der Waals surface area contributed by atoms with E-state index in [1.54, 1.807) is 7.05 Å². The van der Waals surface area contributed by atoms with Gasteiger partial charge in [0.05, 0.1) is 23.7 Å². The summed E-state index contributed by atoms with van der Waals surface area (Å²) in [4.78, 5) is 0. The molecule has 3 nitrogen and oxygen atoms in total. The zero-order valence-corrected chi connectivity index (χ0v) is 7.46. The highest BCUT2D eigenvalue weighted by molar-refractivity contribution is 5.80. The molecule has 0 atom stereocenters. The Kier molecular flexibility index (Phi) is 1.96. The van der Waals surface area contributed by atoms with E-state index >= 15 is 0 Å². The average molecular weight is 198 g/mol. The zero-order valence-electron chi connectivity index (χ0n) is 7.46. The second kappa shape index (κ2) is 3.02. The van der Waals surface area contributed by atoms with Crippen LogP contribution in [0.2, 0.25) is 0 Å². The Bertz CT molecular complexity index is 493. The smallest absolute Gasteiger partial charge is 0.142 e. The third-order valence-electron chi connectivity index (χ3n) is 2.20. The monoisotopic (exact) mass is 198 g/mol. The minimum atomic E-state index is -0.749. The van der Waals surface area contributed by atoms with Crippen LogP contribution >= 0.6 is 0 Å². The topological polar surface area (TPSA) is 38.0 Å². The first kappa shape index (κ1) is 9.08. The highest BCUT2D eigenvalue weighted by Crippen LogP contribution is 2.23. The van der Waals surface area contributed by atoms with Gasteiger partial charge in [0.2, 0.25) is 0 Å². The van der Waals surface area contributed by atoms with Gasteiger partial charge in [-0.3, -0.25) is 4.68 Å². The van der Waals surface area contributed by atoms with E-state index in [0.29, 0.717) is 5.52 Å². The van der Waals surface area contributed by atoms with Gasteiger partial charge in [0, 0.05) is 18.7 Å². The van der Waals surface area contributed by atoms with Crippen molar-refractivity contribution in [2.45, 2.75) is 6.61 Å². The molecule has 2 rings (SSSR count). The number of aromatic nitrogens is 2. The number of fused-ring (bicyclic) bond motifs is 1. The molecule has 0 radical (unpaired) electrons. The molecule has 1 aromatic heterocycles. The van der Waals surface area contributed by atoms with Crippen molar-refractivity contribution in [3.05, 3.63) is 29.5 Å². The van der Waals surface area contributed by atoms with Gasteiger partial charge in [-0.2, -0.15) is 5.10 Å². The lowest BCUT2D eigenvalue weighted by atomic mass is 10.1. The first-order valence-electron chi connectivity index (χ1n) is 4.04. The van der Waals surface area contributed by atoms with E-state index in [1.807, 2.05) is 0 Å². The summed E-state index contributed by atoms with van der Waals surface area (Å²) in [6.45, 7) is -0.650. The van der Waals surface area contributed by atoms with Crippen molar-refractivity contribution in [2.75, 3.05) is 0 Å². The van der Waals surface area contributed by atoms with Crippen molar-refractivity contribution in [3.63, 3.8) is 0 Å². The van der Waals surface area contributed by atoms with E-state index < -0.39 is 18.2 Å². The Hall–Kier alpha value is -1.49. The number of nitrogens with zero attached hydrogens (tertiary/aromatic N) is 2. The molecular formula is C9H8F2N2O. The van der Waals surface area contributed by atoms with Crippen LogP contribution in [0.15, 0.2) is 12.3 Å². The van der Waals surface area contributed by atoms with E-state index in [2.05, 4.69) is 5.10 Å². The van der Waals surface area contributed by atoms with Crippen LogP contribution in [0.5, 0.6) is 0 Å². The van der Waals surface area contributed by atoms with Crippen LogP contribution in [0.4, 0.5) is 8.78 Å². The lowest BCUT2D eigenvalue weighted by Gasteiger charge is -2.02. The standard InChI is InChI=1S/C9H8F2N2O/c1-13-8-2-7(10)6(4-14)9(11)5(8)3-12-13/h2-3,14H,4H2,1H3. The van der Waals surface area contributed by atoms with Crippen molar-refractivity contribution in [3.8, 4) is 0 Å². The highest BCUT2D eigenvalue weighted by Gasteiger charge is 2.14. The molecule has 0 aliphatic carbocycles. The van der Waals surface area contributed by atoms with Crippen LogP contribution in [-0.2, 0) is 13.7 Å². The fourth-order valence-electron chi connectivity index (χ4n) is 1.41. The molecule has 0 saturated carbocycles. The van der Waals surface area contributed by atoms with Crippen LogP contribution in [0, 0.1) is 11.6 Å². The van der Waals surface area contributed by atoms with Gasteiger partial charge in [-0.15, -0.1) is 0 Å². The normalized spacial score (nSPS) is 11.1. The third kappa shape index (κ3) is 1.09. The van der Waals surface area contributed by atoms with Gasteiger partial charge in [-0.05, 0) is 0 Å². The lowest BCUT2D eigenvalue weighted by Crippen LogP contribution is -1.97. The minimum absolute atomic E-state index is 0.220. The van der Waals surface area contributed by atoms with Crippen molar-refractivity contribution in [1.82, 2.24) is 9.78 Å². The van der Waals surface area contributed by atoms with Gasteiger partial charge < -0.3 is 5.11 Å². The molecule has 14 heavy (non-hydrogen) atoms. The van der Waals surface area contributed by atoms with Crippen LogP contribution < -0.4 is 0 Å². The maximum atomic E-state index is 13.5. The molecule has 1 N–H and O–H groups in total. The summed E-state index contributed by atoms with van der Waals surface area (Å²) in [6, 6.07) is 1.16. The van der Waals surface area contributed by atoms with Gasteiger partial charge in [0.15, 0.2) is 0 Å². The van der Waals surface area contributed by atoms with Gasteiger partial charge >= 0.3 is 0 Å². The Morgan fingerprint density at radius 1 is 1.50 bits per heavy atom. The van der Waals surface area contributed by atoms with E-state index in [-0.39, 0.29) is 10.9 Å². The second-order valence-corrected chi connectivity index (χ2v) is 3.01. The van der Waals surface area contributed by atoms with E-state index in [0.717, 1.165) is 6.07 Å². The van der Waals surface area contributed by atoms with Crippen LogP contribution in [0.3, 0.4) is 0 Å². The molecule has 2 aromatic rings. The number of aliphatic hydroxyl groups excluding tert-OH is 1. The average Bonchev–Trinajstić information content (AvgIpc) is 2.49. The minimum Gasteiger partial charge on any atom is -0.391 e. The number of aryl methyl sites for hydroxylation is 1. The zero-order chi connectivity index (χ0) is 10.3. The van der Waals surface area contributed by atoms with Crippen LogP contribution in [-0.4, -0.2) is 14.9 Å². The molecule has 0 fully saturated rings. The SMILES string of the molecule is Cn1ncc2c(F)c(CO)c(F)cc21. The van der Waals surface area contributed by atoms with Gasteiger partial charge in [-0.25, -0.2) is 8.78 Å². The van der Waals surface area contributed by atoms with E-state index in [4.69, 9.17) is 5.11 Å². The van der Waals surface area contributed by atoms with Gasteiger partial charge in [0.25, 0.3) is 0 Å². The summed E-state index contributed by atoms with van der Waals surface area (Å²) in [5.74, 6) is -1.49. The molecular weight excluding hydrogens is 190 g/mol. The maximum absolute atomic E-state index is 13.5. The largest absolute Gasteiger partial charge is 0.391 e. The third-order valence-corrected chi connectivity index (χ3v) is 2.20. The number of hydrogen-bond acceptors (Lipinski definition) is 2.